The number of esters is 1. The summed E-state index contributed by atoms with van der Waals surface area (Å²) in [5.41, 5.74) is 6.65. The minimum Gasteiger partial charge on any atom is -0.464 e. The van der Waals surface area contributed by atoms with Gasteiger partial charge in [-0.15, -0.1) is 0 Å². The Morgan fingerprint density at radius 2 is 1.86 bits per heavy atom. The van der Waals surface area contributed by atoms with Crippen LogP contribution in [0, 0.1) is 0 Å². The Morgan fingerprint density at radius 1 is 1.14 bits per heavy atom. The average molecular weight is 392 g/mol. The molecule has 0 radical (unpaired) electrons. The molecule has 0 aliphatic rings. The molecule has 0 spiro atoms. The third-order valence-electron chi connectivity index (χ3n) is 4.20. The maximum atomic E-state index is 12.9. The maximum absolute atomic E-state index is 12.9. The van der Waals surface area contributed by atoms with E-state index in [0.29, 0.717) is 12.1 Å². The van der Waals surface area contributed by atoms with Crippen molar-refractivity contribution in [2.75, 3.05) is 12.4 Å². The molecule has 0 aliphatic carbocycles. The van der Waals surface area contributed by atoms with E-state index in [1.54, 1.807) is 12.3 Å². The number of anilines is 1. The molecular weight excluding hydrogens is 372 g/mol. The zero-order chi connectivity index (χ0) is 20.8. The number of ether oxygens (including phenoxy) is 1. The fourth-order valence-electron chi connectivity index (χ4n) is 2.91. The lowest BCUT2D eigenvalue weighted by Gasteiger charge is -2.16. The highest BCUT2D eigenvalue weighted by Gasteiger charge is 2.19. The molecule has 0 bridgehead atoms. The average Bonchev–Trinajstić information content (AvgIpc) is 2.74. The summed E-state index contributed by atoms with van der Waals surface area (Å²) in [5, 5.41) is 5.69. The number of carbonyl (C=O) groups is 2. The number of carbonyl (C=O) groups excluding carboxylic acids is 2. The van der Waals surface area contributed by atoms with Crippen molar-refractivity contribution in [3.63, 3.8) is 0 Å². The van der Waals surface area contributed by atoms with E-state index in [4.69, 9.17) is 11.6 Å². The first-order chi connectivity index (χ1) is 14.0. The van der Waals surface area contributed by atoms with Crippen molar-refractivity contribution in [1.29, 1.82) is 0 Å². The number of rotatable bonds is 6. The first-order valence-electron chi connectivity index (χ1n) is 8.66. The summed E-state index contributed by atoms with van der Waals surface area (Å²) >= 11 is 0. The zero-order valence-electron chi connectivity index (χ0n) is 15.7. The van der Waals surface area contributed by atoms with Crippen molar-refractivity contribution in [2.45, 2.75) is 6.54 Å². The van der Waals surface area contributed by atoms with Crippen LogP contribution in [0.3, 0.4) is 0 Å². The summed E-state index contributed by atoms with van der Waals surface area (Å²) in [4.78, 5) is 32.8. The first kappa shape index (κ1) is 19.8. The second-order valence-corrected chi connectivity index (χ2v) is 6.03. The standard InChI is InChI=1S/C20H20N6O3/c1-29-20(28)17-18(24-10-9-23-17)25-19(27)16-7-6-13(12-26(22)11-8-21)14-4-2-3-5-15(14)16/h2-11H,12,21-22H2,1H3,(H,24,25,27)/b11-8-. The predicted molar refractivity (Wildman–Crippen MR) is 108 cm³/mol. The molecule has 0 atom stereocenters. The molecule has 1 heterocycles. The predicted octanol–water partition coefficient (Wildman–Crippen LogP) is 1.77. The lowest BCUT2D eigenvalue weighted by molar-refractivity contribution is 0.0595. The molecule has 0 saturated carbocycles. The number of hydrazine groups is 1. The van der Waals surface area contributed by atoms with Gasteiger partial charge in [-0.25, -0.2) is 20.6 Å². The summed E-state index contributed by atoms with van der Waals surface area (Å²) in [5.74, 6) is 4.80. The van der Waals surface area contributed by atoms with Gasteiger partial charge in [0.05, 0.1) is 13.7 Å². The Kier molecular flexibility index (Phi) is 6.00. The van der Waals surface area contributed by atoms with Crippen LogP contribution in [0.5, 0.6) is 0 Å². The number of benzene rings is 2. The van der Waals surface area contributed by atoms with Crippen LogP contribution in [0.4, 0.5) is 5.82 Å². The molecule has 3 rings (SSSR count). The SMILES string of the molecule is COC(=O)c1nccnc1NC(=O)c1ccc(CN(N)/C=C\N)c2ccccc12. The Bertz CT molecular complexity index is 1080. The van der Waals surface area contributed by atoms with Gasteiger partial charge in [-0.3, -0.25) is 4.79 Å². The van der Waals surface area contributed by atoms with E-state index in [0.717, 1.165) is 16.3 Å². The van der Waals surface area contributed by atoms with Gasteiger partial charge in [0.15, 0.2) is 11.5 Å². The van der Waals surface area contributed by atoms with Gasteiger partial charge in [0.25, 0.3) is 5.91 Å². The van der Waals surface area contributed by atoms with Gasteiger partial charge in [0.1, 0.15) is 0 Å². The molecule has 1 amide bonds. The van der Waals surface area contributed by atoms with Crippen LogP contribution in [0.2, 0.25) is 0 Å². The topological polar surface area (TPSA) is 136 Å². The zero-order valence-corrected chi connectivity index (χ0v) is 15.7. The number of hydrogen-bond donors (Lipinski definition) is 3. The highest BCUT2D eigenvalue weighted by atomic mass is 16.5. The molecule has 2 aromatic carbocycles. The molecule has 9 nitrogen and oxygen atoms in total. The summed E-state index contributed by atoms with van der Waals surface area (Å²) < 4.78 is 4.68. The third kappa shape index (κ3) is 4.30. The Morgan fingerprint density at radius 3 is 2.59 bits per heavy atom. The lowest BCUT2D eigenvalue weighted by atomic mass is 9.99. The van der Waals surface area contributed by atoms with Gasteiger partial charge in [-0.05, 0) is 22.4 Å². The number of methoxy groups -OCH3 is 1. The van der Waals surface area contributed by atoms with E-state index in [9.17, 15) is 9.59 Å². The van der Waals surface area contributed by atoms with Crippen molar-refractivity contribution in [3.05, 3.63) is 78.0 Å². The van der Waals surface area contributed by atoms with Crippen LogP contribution in [-0.4, -0.2) is 34.0 Å². The fourth-order valence-corrected chi connectivity index (χ4v) is 2.91. The second kappa shape index (κ2) is 8.81. The number of amides is 1. The van der Waals surface area contributed by atoms with Crippen LogP contribution in [0.15, 0.2) is 61.2 Å². The molecule has 3 aromatic rings. The Balaban J connectivity index is 1.97. The summed E-state index contributed by atoms with van der Waals surface area (Å²) in [6.07, 6.45) is 5.63. The molecule has 5 N–H and O–H groups in total. The van der Waals surface area contributed by atoms with Crippen LogP contribution in [0.1, 0.15) is 26.4 Å². The second-order valence-electron chi connectivity index (χ2n) is 6.03. The highest BCUT2D eigenvalue weighted by Crippen LogP contribution is 2.25. The number of aromatic nitrogens is 2. The molecule has 1 aromatic heterocycles. The Hall–Kier alpha value is -3.98. The van der Waals surface area contributed by atoms with E-state index < -0.39 is 11.9 Å². The molecule has 0 unspecified atom stereocenters. The normalized spacial score (nSPS) is 10.8. The van der Waals surface area contributed by atoms with Crippen molar-refractivity contribution in [3.8, 4) is 0 Å². The molecule has 0 aliphatic heterocycles. The molecule has 0 fully saturated rings. The Labute approximate surface area is 167 Å². The van der Waals surface area contributed by atoms with Crippen LogP contribution in [-0.2, 0) is 11.3 Å². The van der Waals surface area contributed by atoms with Crippen LogP contribution >= 0.6 is 0 Å². The van der Waals surface area contributed by atoms with Gasteiger partial charge in [0.2, 0.25) is 0 Å². The van der Waals surface area contributed by atoms with Crippen molar-refractivity contribution >= 4 is 28.5 Å². The van der Waals surface area contributed by atoms with Gasteiger partial charge in [-0.1, -0.05) is 30.3 Å². The van der Waals surface area contributed by atoms with E-state index in [-0.39, 0.29) is 11.5 Å². The van der Waals surface area contributed by atoms with Crippen molar-refractivity contribution in [1.82, 2.24) is 15.0 Å². The number of nitrogens with one attached hydrogen (secondary N) is 1. The van der Waals surface area contributed by atoms with Crippen LogP contribution in [0.25, 0.3) is 10.8 Å². The monoisotopic (exact) mass is 392 g/mol. The molecule has 9 heteroatoms. The highest BCUT2D eigenvalue weighted by molar-refractivity contribution is 6.14. The largest absolute Gasteiger partial charge is 0.464 e. The van der Waals surface area contributed by atoms with E-state index in [1.807, 2.05) is 30.3 Å². The van der Waals surface area contributed by atoms with Crippen LogP contribution < -0.4 is 16.9 Å². The smallest absolute Gasteiger partial charge is 0.360 e. The fraction of sp³-hybridized carbons (Fsp3) is 0.100. The van der Waals surface area contributed by atoms with Gasteiger partial charge < -0.3 is 20.8 Å². The summed E-state index contributed by atoms with van der Waals surface area (Å²) in [7, 11) is 1.23. The summed E-state index contributed by atoms with van der Waals surface area (Å²) in [6.45, 7) is 0.409. The van der Waals surface area contributed by atoms with Crippen molar-refractivity contribution in [2.24, 2.45) is 11.6 Å². The first-order valence-corrected chi connectivity index (χ1v) is 8.66. The molecule has 148 valence electrons. The lowest BCUT2D eigenvalue weighted by Crippen LogP contribution is -2.25. The van der Waals surface area contributed by atoms with Gasteiger partial charge in [-0.2, -0.15) is 0 Å². The van der Waals surface area contributed by atoms with Crippen molar-refractivity contribution < 1.29 is 14.3 Å². The van der Waals surface area contributed by atoms with E-state index in [2.05, 4.69) is 20.0 Å². The third-order valence-corrected chi connectivity index (χ3v) is 4.20. The number of fused-ring (bicyclic) bond motifs is 1. The summed E-state index contributed by atoms with van der Waals surface area (Å²) in [6, 6.07) is 11.0. The minimum atomic E-state index is -0.690. The van der Waals surface area contributed by atoms with Gasteiger partial charge >= 0.3 is 5.97 Å². The maximum Gasteiger partial charge on any atom is 0.360 e. The number of nitrogens with two attached hydrogens (primary N) is 2. The quantitative estimate of drug-likeness (QED) is 0.328. The molecule has 29 heavy (non-hydrogen) atoms. The van der Waals surface area contributed by atoms with E-state index >= 15 is 0 Å². The number of hydrogen-bond acceptors (Lipinski definition) is 8. The minimum absolute atomic E-state index is 0.0266. The van der Waals surface area contributed by atoms with E-state index in [1.165, 1.54) is 30.7 Å². The molecular formula is C20H20N6O3. The molecule has 0 saturated heterocycles. The van der Waals surface area contributed by atoms with Gasteiger partial charge in [0, 0.05) is 30.4 Å². The number of nitrogens with zero attached hydrogens (tertiary/aromatic N) is 3.